The standard InChI is InChI=1S/C15H25N3S/c1-11(2)16-9-13-8-12(3)17-15(18-13)10-19-14-6-4-5-7-14/h8,11,14,16H,4-7,9-10H2,1-3H3. The molecule has 0 aliphatic heterocycles. The monoisotopic (exact) mass is 279 g/mol. The van der Waals surface area contributed by atoms with Crippen molar-refractivity contribution in [3.8, 4) is 0 Å². The summed E-state index contributed by atoms with van der Waals surface area (Å²) in [5.41, 5.74) is 2.20. The average Bonchev–Trinajstić information content (AvgIpc) is 2.86. The fraction of sp³-hybridized carbons (Fsp3) is 0.733. The Morgan fingerprint density at radius 1 is 1.32 bits per heavy atom. The Balaban J connectivity index is 1.91. The molecule has 0 atom stereocenters. The number of hydrogen-bond acceptors (Lipinski definition) is 4. The Bertz CT molecular complexity index is 400. The quantitative estimate of drug-likeness (QED) is 0.865. The number of hydrogen-bond donors (Lipinski definition) is 1. The van der Waals surface area contributed by atoms with E-state index < -0.39 is 0 Å². The van der Waals surface area contributed by atoms with Crippen molar-refractivity contribution in [3.63, 3.8) is 0 Å². The van der Waals surface area contributed by atoms with Crippen LogP contribution in [0.15, 0.2) is 6.07 Å². The van der Waals surface area contributed by atoms with Crippen LogP contribution in [0.25, 0.3) is 0 Å². The molecule has 1 fully saturated rings. The van der Waals surface area contributed by atoms with E-state index in [4.69, 9.17) is 0 Å². The van der Waals surface area contributed by atoms with E-state index in [1.807, 2.05) is 11.8 Å². The average molecular weight is 279 g/mol. The molecule has 0 amide bonds. The fourth-order valence-electron chi connectivity index (χ4n) is 2.41. The van der Waals surface area contributed by atoms with E-state index in [1.165, 1.54) is 25.7 Å². The van der Waals surface area contributed by atoms with Crippen LogP contribution in [0.1, 0.15) is 56.7 Å². The molecule has 0 aromatic carbocycles. The van der Waals surface area contributed by atoms with Gasteiger partial charge in [-0.05, 0) is 25.8 Å². The Morgan fingerprint density at radius 3 is 2.74 bits per heavy atom. The molecular weight excluding hydrogens is 254 g/mol. The van der Waals surface area contributed by atoms with E-state index in [0.717, 1.165) is 34.8 Å². The lowest BCUT2D eigenvalue weighted by Crippen LogP contribution is -2.22. The normalized spacial score (nSPS) is 16.4. The Labute approximate surface area is 121 Å². The molecule has 0 unspecified atom stereocenters. The lowest BCUT2D eigenvalue weighted by molar-refractivity contribution is 0.579. The topological polar surface area (TPSA) is 37.8 Å². The predicted molar refractivity (Wildman–Crippen MR) is 82.3 cm³/mol. The van der Waals surface area contributed by atoms with Crippen LogP contribution in [0, 0.1) is 6.92 Å². The van der Waals surface area contributed by atoms with Crippen molar-refractivity contribution < 1.29 is 0 Å². The molecule has 4 heteroatoms. The second-order valence-corrected chi connectivity index (χ2v) is 6.96. The largest absolute Gasteiger partial charge is 0.309 e. The van der Waals surface area contributed by atoms with Crippen molar-refractivity contribution in [3.05, 3.63) is 23.3 Å². The zero-order chi connectivity index (χ0) is 13.7. The summed E-state index contributed by atoms with van der Waals surface area (Å²) in [5, 5.41) is 4.25. The third-order valence-electron chi connectivity index (χ3n) is 3.40. The van der Waals surface area contributed by atoms with E-state index in [9.17, 15) is 0 Å². The molecule has 0 saturated heterocycles. The van der Waals surface area contributed by atoms with E-state index in [2.05, 4.69) is 42.1 Å². The maximum atomic E-state index is 4.67. The molecule has 1 aliphatic rings. The molecule has 1 aliphatic carbocycles. The molecule has 19 heavy (non-hydrogen) atoms. The van der Waals surface area contributed by atoms with Gasteiger partial charge >= 0.3 is 0 Å². The SMILES string of the molecule is Cc1cc(CNC(C)C)nc(CSC2CCCC2)n1. The van der Waals surface area contributed by atoms with Gasteiger partial charge in [0.15, 0.2) is 0 Å². The third-order valence-corrected chi connectivity index (χ3v) is 4.76. The van der Waals surface area contributed by atoms with Crippen LogP contribution < -0.4 is 5.32 Å². The Morgan fingerprint density at radius 2 is 2.05 bits per heavy atom. The van der Waals surface area contributed by atoms with Crippen molar-refractivity contribution >= 4 is 11.8 Å². The summed E-state index contributed by atoms with van der Waals surface area (Å²) < 4.78 is 0. The highest BCUT2D eigenvalue weighted by Crippen LogP contribution is 2.30. The first-order valence-corrected chi connectivity index (χ1v) is 8.37. The summed E-state index contributed by atoms with van der Waals surface area (Å²) in [6.07, 6.45) is 5.54. The van der Waals surface area contributed by atoms with Gasteiger partial charge in [0, 0.05) is 23.5 Å². The van der Waals surface area contributed by atoms with Gasteiger partial charge in [-0.1, -0.05) is 26.7 Å². The first kappa shape index (κ1) is 14.8. The minimum Gasteiger partial charge on any atom is -0.309 e. The van der Waals surface area contributed by atoms with Gasteiger partial charge < -0.3 is 5.32 Å². The number of rotatable bonds is 6. The van der Waals surface area contributed by atoms with Crippen molar-refractivity contribution in [1.29, 1.82) is 0 Å². The number of aromatic nitrogens is 2. The summed E-state index contributed by atoms with van der Waals surface area (Å²) >= 11 is 2.03. The van der Waals surface area contributed by atoms with Crippen molar-refractivity contribution in [2.75, 3.05) is 0 Å². The maximum absolute atomic E-state index is 4.67. The molecule has 106 valence electrons. The van der Waals surface area contributed by atoms with Crippen molar-refractivity contribution in [2.24, 2.45) is 0 Å². The number of nitrogens with zero attached hydrogens (tertiary/aromatic N) is 2. The summed E-state index contributed by atoms with van der Waals surface area (Å²) in [6.45, 7) is 7.21. The molecule has 2 rings (SSSR count). The zero-order valence-electron chi connectivity index (χ0n) is 12.3. The van der Waals surface area contributed by atoms with Crippen LogP contribution >= 0.6 is 11.8 Å². The van der Waals surface area contributed by atoms with E-state index in [-0.39, 0.29) is 0 Å². The lowest BCUT2D eigenvalue weighted by atomic mass is 10.3. The number of nitrogens with one attached hydrogen (secondary N) is 1. The highest BCUT2D eigenvalue weighted by molar-refractivity contribution is 7.99. The summed E-state index contributed by atoms with van der Waals surface area (Å²) in [6, 6.07) is 2.57. The van der Waals surface area contributed by atoms with Gasteiger partial charge in [0.1, 0.15) is 5.82 Å². The smallest absolute Gasteiger partial charge is 0.138 e. The molecule has 0 radical (unpaired) electrons. The second-order valence-electron chi connectivity index (χ2n) is 5.67. The highest BCUT2D eigenvalue weighted by Gasteiger charge is 2.16. The van der Waals surface area contributed by atoms with Gasteiger partial charge in [0.25, 0.3) is 0 Å². The van der Waals surface area contributed by atoms with Crippen LogP contribution in [-0.2, 0) is 12.3 Å². The molecule has 1 aromatic heterocycles. The number of thioether (sulfide) groups is 1. The van der Waals surface area contributed by atoms with E-state index >= 15 is 0 Å². The molecule has 1 saturated carbocycles. The molecular formula is C15H25N3S. The first-order chi connectivity index (χ1) is 9.13. The molecule has 0 bridgehead atoms. The van der Waals surface area contributed by atoms with Gasteiger partial charge in [-0.25, -0.2) is 9.97 Å². The molecule has 3 nitrogen and oxygen atoms in total. The summed E-state index contributed by atoms with van der Waals surface area (Å²) in [5.74, 6) is 1.96. The predicted octanol–water partition coefficient (Wildman–Crippen LogP) is 3.46. The van der Waals surface area contributed by atoms with Gasteiger partial charge in [-0.3, -0.25) is 0 Å². The molecule has 0 spiro atoms. The molecule has 1 N–H and O–H groups in total. The summed E-state index contributed by atoms with van der Waals surface area (Å²) in [7, 11) is 0. The minimum atomic E-state index is 0.492. The number of aryl methyl sites for hydroxylation is 1. The summed E-state index contributed by atoms with van der Waals surface area (Å²) in [4.78, 5) is 9.23. The molecule has 1 aromatic rings. The van der Waals surface area contributed by atoms with Crippen LogP contribution in [-0.4, -0.2) is 21.3 Å². The maximum Gasteiger partial charge on any atom is 0.138 e. The Kier molecular flexibility index (Phi) is 5.64. The van der Waals surface area contributed by atoms with Crippen LogP contribution in [0.4, 0.5) is 0 Å². The first-order valence-electron chi connectivity index (χ1n) is 7.32. The third kappa shape index (κ3) is 5.11. The van der Waals surface area contributed by atoms with E-state index in [1.54, 1.807) is 0 Å². The fourth-order valence-corrected chi connectivity index (χ4v) is 3.59. The zero-order valence-corrected chi connectivity index (χ0v) is 13.1. The Hall–Kier alpha value is -0.610. The van der Waals surface area contributed by atoms with Crippen molar-refractivity contribution in [1.82, 2.24) is 15.3 Å². The highest BCUT2D eigenvalue weighted by atomic mass is 32.2. The molecule has 1 heterocycles. The van der Waals surface area contributed by atoms with Crippen LogP contribution in [0.5, 0.6) is 0 Å². The van der Waals surface area contributed by atoms with Gasteiger partial charge in [-0.2, -0.15) is 11.8 Å². The van der Waals surface area contributed by atoms with Gasteiger partial charge in [-0.15, -0.1) is 0 Å². The van der Waals surface area contributed by atoms with Crippen LogP contribution in [0.3, 0.4) is 0 Å². The van der Waals surface area contributed by atoms with Gasteiger partial charge in [0.2, 0.25) is 0 Å². The van der Waals surface area contributed by atoms with Crippen molar-refractivity contribution in [2.45, 2.75) is 70.0 Å². The van der Waals surface area contributed by atoms with E-state index in [0.29, 0.717) is 6.04 Å². The van der Waals surface area contributed by atoms with Gasteiger partial charge in [0.05, 0.1) is 11.4 Å². The minimum absolute atomic E-state index is 0.492. The lowest BCUT2D eigenvalue weighted by Gasteiger charge is -2.11. The second kappa shape index (κ2) is 7.25. The van der Waals surface area contributed by atoms with Crippen LogP contribution in [0.2, 0.25) is 0 Å².